The van der Waals surface area contributed by atoms with Gasteiger partial charge in [-0.2, -0.15) is 0 Å². The molecule has 1 aliphatic rings. The first-order chi connectivity index (χ1) is 6.15. The van der Waals surface area contributed by atoms with Gasteiger partial charge in [0.25, 0.3) is 6.43 Å². The zero-order valence-electron chi connectivity index (χ0n) is 7.43. The first kappa shape index (κ1) is 10.4. The van der Waals surface area contributed by atoms with E-state index in [-0.39, 0.29) is 5.92 Å². The minimum absolute atomic E-state index is 0.186. The van der Waals surface area contributed by atoms with E-state index in [9.17, 15) is 13.6 Å². The molecular formula is C8H13F2NO2. The number of alkyl halides is 2. The van der Waals surface area contributed by atoms with Gasteiger partial charge in [0.1, 0.15) is 6.04 Å². The normalized spacial score (nSPS) is 18.8. The summed E-state index contributed by atoms with van der Waals surface area (Å²) in [6.45, 7) is -0.448. The Morgan fingerprint density at radius 2 is 2.23 bits per heavy atom. The molecule has 0 aromatic heterocycles. The molecule has 0 radical (unpaired) electrons. The molecule has 3 nitrogen and oxygen atoms in total. The summed E-state index contributed by atoms with van der Waals surface area (Å²) < 4.78 is 28.2. The molecule has 0 spiro atoms. The Morgan fingerprint density at radius 1 is 1.62 bits per heavy atom. The van der Waals surface area contributed by atoms with E-state index < -0.39 is 25.0 Å². The van der Waals surface area contributed by atoms with Gasteiger partial charge in [0.15, 0.2) is 0 Å². The van der Waals surface area contributed by atoms with Crippen molar-refractivity contribution in [3.63, 3.8) is 0 Å². The number of hydrogen-bond donors (Lipinski definition) is 1. The Bertz CT molecular complexity index is 183. The fraction of sp³-hybridized carbons (Fsp3) is 0.875. The third-order valence-electron chi connectivity index (χ3n) is 2.04. The van der Waals surface area contributed by atoms with Crippen molar-refractivity contribution in [2.75, 3.05) is 13.7 Å². The van der Waals surface area contributed by atoms with Crippen LogP contribution >= 0.6 is 0 Å². The highest BCUT2D eigenvalue weighted by Gasteiger charge is 2.36. The summed E-state index contributed by atoms with van der Waals surface area (Å²) in [5.74, 6) is -0.255. The maximum absolute atomic E-state index is 11.8. The third kappa shape index (κ3) is 3.26. The average Bonchev–Trinajstić information content (AvgIpc) is 2.87. The second kappa shape index (κ2) is 4.50. The largest absolute Gasteiger partial charge is 0.468 e. The first-order valence-corrected chi connectivity index (χ1v) is 4.24. The van der Waals surface area contributed by atoms with Gasteiger partial charge in [-0.3, -0.25) is 10.1 Å². The van der Waals surface area contributed by atoms with Gasteiger partial charge in [0.2, 0.25) is 0 Å². The molecule has 1 rings (SSSR count). The van der Waals surface area contributed by atoms with Crippen LogP contribution in [0.4, 0.5) is 8.78 Å². The van der Waals surface area contributed by atoms with Crippen LogP contribution < -0.4 is 5.32 Å². The summed E-state index contributed by atoms with van der Waals surface area (Å²) in [6, 6.07) is -0.543. The molecule has 1 N–H and O–H groups in total. The highest BCUT2D eigenvalue weighted by atomic mass is 19.3. The molecule has 1 unspecified atom stereocenters. The Hall–Kier alpha value is -0.710. The van der Waals surface area contributed by atoms with Crippen LogP contribution in [0, 0.1) is 5.92 Å². The van der Waals surface area contributed by atoms with Crippen molar-refractivity contribution in [3.8, 4) is 0 Å². The van der Waals surface area contributed by atoms with Crippen molar-refractivity contribution in [3.05, 3.63) is 0 Å². The van der Waals surface area contributed by atoms with E-state index in [1.54, 1.807) is 0 Å². The number of nitrogens with one attached hydrogen (secondary N) is 1. The third-order valence-corrected chi connectivity index (χ3v) is 2.04. The fourth-order valence-electron chi connectivity index (χ4n) is 1.22. The SMILES string of the molecule is COC(=O)C(NCC(F)F)C1CC1. The number of methoxy groups -OCH3 is 1. The zero-order valence-corrected chi connectivity index (χ0v) is 7.43. The Morgan fingerprint density at radius 3 is 2.62 bits per heavy atom. The molecule has 0 amide bonds. The van der Waals surface area contributed by atoms with Gasteiger partial charge < -0.3 is 4.74 Å². The van der Waals surface area contributed by atoms with E-state index >= 15 is 0 Å². The Balaban J connectivity index is 2.33. The maximum Gasteiger partial charge on any atom is 0.323 e. The number of carbonyl (C=O) groups excluding carboxylic acids is 1. The summed E-state index contributed by atoms with van der Waals surface area (Å²) in [6.07, 6.45) is -0.600. The molecule has 0 bridgehead atoms. The molecule has 0 aliphatic heterocycles. The Labute approximate surface area is 75.4 Å². The van der Waals surface area contributed by atoms with Gasteiger partial charge >= 0.3 is 5.97 Å². The number of esters is 1. The summed E-state index contributed by atoms with van der Waals surface area (Å²) in [5.41, 5.74) is 0. The summed E-state index contributed by atoms with van der Waals surface area (Å²) in [7, 11) is 1.27. The number of ether oxygens (including phenoxy) is 1. The van der Waals surface area contributed by atoms with Gasteiger partial charge in [0.05, 0.1) is 13.7 Å². The van der Waals surface area contributed by atoms with Gasteiger partial charge in [0, 0.05) is 0 Å². The summed E-state index contributed by atoms with van der Waals surface area (Å²) in [4.78, 5) is 11.1. The predicted octanol–water partition coefficient (Wildman–Crippen LogP) is 0.793. The Kier molecular flexibility index (Phi) is 3.59. The fourth-order valence-corrected chi connectivity index (χ4v) is 1.22. The number of carbonyl (C=O) groups is 1. The lowest BCUT2D eigenvalue weighted by molar-refractivity contribution is -0.143. The van der Waals surface area contributed by atoms with Gasteiger partial charge in [-0.1, -0.05) is 0 Å². The predicted molar refractivity (Wildman–Crippen MR) is 42.5 cm³/mol. The minimum atomic E-state index is -2.43. The van der Waals surface area contributed by atoms with E-state index in [1.807, 2.05) is 0 Å². The van der Waals surface area contributed by atoms with E-state index in [1.165, 1.54) is 7.11 Å². The standard InChI is InChI=1S/C8H13F2NO2/c1-13-8(12)7(5-2-3-5)11-4-6(9)10/h5-7,11H,2-4H2,1H3. The summed E-state index contributed by atoms with van der Waals surface area (Å²) >= 11 is 0. The number of hydrogen-bond acceptors (Lipinski definition) is 3. The zero-order chi connectivity index (χ0) is 9.84. The van der Waals surface area contributed by atoms with Crippen LogP contribution in [-0.4, -0.2) is 32.1 Å². The van der Waals surface area contributed by atoms with Crippen LogP contribution in [0.1, 0.15) is 12.8 Å². The maximum atomic E-state index is 11.8. The highest BCUT2D eigenvalue weighted by Crippen LogP contribution is 2.33. The van der Waals surface area contributed by atoms with Crippen molar-refractivity contribution >= 4 is 5.97 Å². The second-order valence-electron chi connectivity index (χ2n) is 3.14. The van der Waals surface area contributed by atoms with Gasteiger partial charge in [-0.15, -0.1) is 0 Å². The molecule has 0 aromatic rings. The molecule has 0 saturated heterocycles. The minimum Gasteiger partial charge on any atom is -0.468 e. The second-order valence-corrected chi connectivity index (χ2v) is 3.14. The molecule has 13 heavy (non-hydrogen) atoms. The van der Waals surface area contributed by atoms with Crippen molar-refractivity contribution in [1.29, 1.82) is 0 Å². The van der Waals surface area contributed by atoms with Gasteiger partial charge in [-0.05, 0) is 18.8 Å². The van der Waals surface area contributed by atoms with Crippen LogP contribution in [0.5, 0.6) is 0 Å². The van der Waals surface area contributed by atoms with Crippen molar-refractivity contribution < 1.29 is 18.3 Å². The van der Waals surface area contributed by atoms with Crippen LogP contribution in [-0.2, 0) is 9.53 Å². The van der Waals surface area contributed by atoms with E-state index in [2.05, 4.69) is 10.1 Å². The van der Waals surface area contributed by atoms with Crippen molar-refractivity contribution in [1.82, 2.24) is 5.32 Å². The van der Waals surface area contributed by atoms with Crippen molar-refractivity contribution in [2.45, 2.75) is 25.3 Å². The lowest BCUT2D eigenvalue weighted by Crippen LogP contribution is -2.41. The molecule has 0 aromatic carbocycles. The molecule has 5 heteroatoms. The molecular weight excluding hydrogens is 180 g/mol. The van der Waals surface area contributed by atoms with Crippen LogP contribution in [0.25, 0.3) is 0 Å². The molecule has 1 aliphatic carbocycles. The van der Waals surface area contributed by atoms with E-state index in [0.717, 1.165) is 12.8 Å². The molecule has 76 valence electrons. The van der Waals surface area contributed by atoms with Gasteiger partial charge in [-0.25, -0.2) is 8.78 Å². The first-order valence-electron chi connectivity index (χ1n) is 4.24. The number of halogens is 2. The molecule has 1 saturated carbocycles. The van der Waals surface area contributed by atoms with Crippen LogP contribution in [0.15, 0.2) is 0 Å². The van der Waals surface area contributed by atoms with E-state index in [0.29, 0.717) is 0 Å². The molecule has 0 heterocycles. The van der Waals surface area contributed by atoms with Crippen molar-refractivity contribution in [2.24, 2.45) is 5.92 Å². The van der Waals surface area contributed by atoms with E-state index in [4.69, 9.17) is 0 Å². The lowest BCUT2D eigenvalue weighted by atomic mass is 10.2. The number of rotatable bonds is 5. The molecule has 1 atom stereocenters. The summed E-state index contributed by atoms with van der Waals surface area (Å²) in [5, 5.41) is 2.51. The quantitative estimate of drug-likeness (QED) is 0.656. The van der Waals surface area contributed by atoms with Crippen LogP contribution in [0.2, 0.25) is 0 Å². The smallest absolute Gasteiger partial charge is 0.323 e. The van der Waals surface area contributed by atoms with Crippen LogP contribution in [0.3, 0.4) is 0 Å². The monoisotopic (exact) mass is 193 g/mol. The average molecular weight is 193 g/mol. The highest BCUT2D eigenvalue weighted by molar-refractivity contribution is 5.76. The topological polar surface area (TPSA) is 38.3 Å². The lowest BCUT2D eigenvalue weighted by Gasteiger charge is -2.14. The molecule has 1 fully saturated rings.